The van der Waals surface area contributed by atoms with Crippen LogP contribution in [0, 0.1) is 21.4 Å². The lowest BCUT2D eigenvalue weighted by molar-refractivity contribution is -0.386. The SMILES string of the molecule is C=CCC(OP(N)(=O)N(CCCl)CCCl)c1cc(OCC#N)ccc1[N+](=O)[O-]. The molecule has 2 N–H and O–H groups in total. The van der Waals surface area contributed by atoms with Gasteiger partial charge in [-0.3, -0.25) is 19.2 Å². The number of hydrogen-bond donors (Lipinski definition) is 1. The quantitative estimate of drug-likeness (QED) is 0.157. The Hall–Kier alpha value is -1.66. The van der Waals surface area contributed by atoms with Crippen LogP contribution in [0.1, 0.15) is 18.1 Å². The molecule has 2 atom stereocenters. The largest absolute Gasteiger partial charge is 0.479 e. The smallest absolute Gasteiger partial charge is 0.341 e. The Kier molecular flexibility index (Phi) is 10.5. The Morgan fingerprint density at radius 1 is 1.43 bits per heavy atom. The molecule has 154 valence electrons. The van der Waals surface area contributed by atoms with E-state index >= 15 is 0 Å². The summed E-state index contributed by atoms with van der Waals surface area (Å²) in [6.07, 6.45) is 0.525. The van der Waals surface area contributed by atoms with Crippen LogP contribution in [-0.4, -0.2) is 41.1 Å². The minimum atomic E-state index is -3.87. The number of rotatable bonds is 13. The third-order valence-electron chi connectivity index (χ3n) is 3.58. The first-order chi connectivity index (χ1) is 13.3. The summed E-state index contributed by atoms with van der Waals surface area (Å²) < 4.78 is 25.1. The van der Waals surface area contributed by atoms with Crippen molar-refractivity contribution in [2.75, 3.05) is 31.5 Å². The molecule has 0 fully saturated rings. The first kappa shape index (κ1) is 24.4. The second kappa shape index (κ2) is 12.0. The van der Waals surface area contributed by atoms with Crippen molar-refractivity contribution in [3.8, 4) is 11.8 Å². The van der Waals surface area contributed by atoms with Gasteiger partial charge >= 0.3 is 7.67 Å². The summed E-state index contributed by atoms with van der Waals surface area (Å²) in [5, 5.41) is 20.1. The van der Waals surface area contributed by atoms with Crippen molar-refractivity contribution >= 4 is 36.6 Å². The van der Waals surface area contributed by atoms with Crippen LogP contribution < -0.4 is 10.2 Å². The van der Waals surface area contributed by atoms with E-state index in [4.69, 9.17) is 43.2 Å². The zero-order valence-corrected chi connectivity index (χ0v) is 17.4. The van der Waals surface area contributed by atoms with Gasteiger partial charge in [-0.2, -0.15) is 5.26 Å². The number of halogens is 2. The fraction of sp³-hybridized carbons (Fsp3) is 0.438. The van der Waals surface area contributed by atoms with Crippen LogP contribution in [0.5, 0.6) is 5.75 Å². The van der Waals surface area contributed by atoms with Gasteiger partial charge in [0.05, 0.1) is 10.5 Å². The molecule has 0 aromatic heterocycles. The molecular weight excluding hydrogens is 430 g/mol. The highest BCUT2D eigenvalue weighted by molar-refractivity contribution is 7.53. The van der Waals surface area contributed by atoms with Gasteiger partial charge in [-0.05, 0) is 18.6 Å². The number of alkyl halides is 2. The van der Waals surface area contributed by atoms with E-state index in [1.807, 2.05) is 6.07 Å². The second-order valence-corrected chi connectivity index (χ2v) is 8.10. The predicted molar refractivity (Wildman–Crippen MR) is 108 cm³/mol. The Balaban J connectivity index is 3.31. The fourth-order valence-electron chi connectivity index (χ4n) is 2.37. The monoisotopic (exact) mass is 450 g/mol. The molecule has 1 aromatic carbocycles. The number of nitrogens with zero attached hydrogens (tertiary/aromatic N) is 3. The van der Waals surface area contributed by atoms with Crippen molar-refractivity contribution in [2.45, 2.75) is 12.5 Å². The lowest BCUT2D eigenvalue weighted by Crippen LogP contribution is -2.30. The molecule has 12 heteroatoms. The van der Waals surface area contributed by atoms with Crippen molar-refractivity contribution < 1.29 is 18.7 Å². The highest BCUT2D eigenvalue weighted by atomic mass is 35.5. The zero-order chi connectivity index (χ0) is 21.2. The Bertz CT molecular complexity index is 768. The van der Waals surface area contributed by atoms with E-state index in [0.717, 1.165) is 0 Å². The Morgan fingerprint density at radius 3 is 2.57 bits per heavy atom. The van der Waals surface area contributed by atoms with Crippen LogP contribution in [-0.2, 0) is 9.09 Å². The lowest BCUT2D eigenvalue weighted by Gasteiger charge is -2.30. The van der Waals surface area contributed by atoms with Gasteiger partial charge in [-0.1, -0.05) is 6.08 Å². The van der Waals surface area contributed by atoms with E-state index in [-0.39, 0.29) is 54.9 Å². The lowest BCUT2D eigenvalue weighted by atomic mass is 10.0. The van der Waals surface area contributed by atoms with E-state index in [9.17, 15) is 14.7 Å². The third-order valence-corrected chi connectivity index (χ3v) is 5.67. The van der Waals surface area contributed by atoms with Crippen molar-refractivity contribution in [3.05, 3.63) is 46.5 Å². The maximum absolute atomic E-state index is 13.0. The maximum Gasteiger partial charge on any atom is 0.341 e. The van der Waals surface area contributed by atoms with Gasteiger partial charge in [0.2, 0.25) is 0 Å². The topological polar surface area (TPSA) is 132 Å². The molecule has 0 radical (unpaired) electrons. The summed E-state index contributed by atoms with van der Waals surface area (Å²) in [5.41, 5.74) is 5.74. The molecule has 9 nitrogen and oxygen atoms in total. The first-order valence-electron chi connectivity index (χ1n) is 8.14. The van der Waals surface area contributed by atoms with Gasteiger partial charge in [0, 0.05) is 30.9 Å². The van der Waals surface area contributed by atoms with Gasteiger partial charge in [-0.15, -0.1) is 29.8 Å². The van der Waals surface area contributed by atoms with E-state index < -0.39 is 18.7 Å². The molecule has 0 saturated heterocycles. The molecule has 0 spiro atoms. The molecule has 0 amide bonds. The second-order valence-electron chi connectivity index (χ2n) is 5.44. The number of ether oxygens (including phenoxy) is 1. The van der Waals surface area contributed by atoms with E-state index in [1.165, 1.54) is 28.9 Å². The van der Waals surface area contributed by atoms with Gasteiger partial charge in [0.25, 0.3) is 5.69 Å². The molecule has 0 saturated carbocycles. The molecule has 2 unspecified atom stereocenters. The van der Waals surface area contributed by atoms with Crippen LogP contribution in [0.3, 0.4) is 0 Å². The van der Waals surface area contributed by atoms with Crippen molar-refractivity contribution in [2.24, 2.45) is 5.50 Å². The first-order valence-corrected chi connectivity index (χ1v) is 10.9. The average molecular weight is 451 g/mol. The van der Waals surface area contributed by atoms with E-state index in [1.54, 1.807) is 0 Å². The minimum absolute atomic E-state index is 0.0966. The Morgan fingerprint density at radius 2 is 2.07 bits per heavy atom. The van der Waals surface area contributed by atoms with Gasteiger partial charge in [-0.25, -0.2) is 10.2 Å². The Labute approximate surface area is 173 Å². The van der Waals surface area contributed by atoms with Crippen LogP contribution in [0.2, 0.25) is 0 Å². The summed E-state index contributed by atoms with van der Waals surface area (Å²) >= 11 is 11.4. The summed E-state index contributed by atoms with van der Waals surface area (Å²) in [7, 11) is -3.87. The van der Waals surface area contributed by atoms with Crippen LogP contribution in [0.4, 0.5) is 5.69 Å². The zero-order valence-electron chi connectivity index (χ0n) is 15.0. The third kappa shape index (κ3) is 7.06. The fourth-order valence-corrected chi connectivity index (χ4v) is 4.47. The summed E-state index contributed by atoms with van der Waals surface area (Å²) in [6.45, 7) is 3.70. The summed E-state index contributed by atoms with van der Waals surface area (Å²) in [4.78, 5) is 10.8. The number of benzene rings is 1. The summed E-state index contributed by atoms with van der Waals surface area (Å²) in [5.74, 6) is 0.515. The van der Waals surface area contributed by atoms with Crippen LogP contribution >= 0.6 is 30.9 Å². The number of nitro groups is 1. The maximum atomic E-state index is 13.0. The standard InChI is InChI=1S/C16H21Cl2N4O5P/c1-2-3-16(27-28(20,25)21(9-6-17)10-7-18)14-12-13(26-11-8-19)4-5-15(14)22(23)24/h2,4-5,12,16H,1,3,6-7,9-11H2,(H2,20,25). The van der Waals surface area contributed by atoms with Gasteiger partial charge < -0.3 is 4.74 Å². The molecule has 28 heavy (non-hydrogen) atoms. The van der Waals surface area contributed by atoms with Gasteiger partial charge in [0.1, 0.15) is 17.9 Å². The molecule has 0 heterocycles. The molecule has 0 aliphatic heterocycles. The average Bonchev–Trinajstić information content (AvgIpc) is 2.65. The molecule has 0 aliphatic carbocycles. The van der Waals surface area contributed by atoms with Crippen molar-refractivity contribution in [1.82, 2.24) is 4.67 Å². The molecule has 1 aromatic rings. The van der Waals surface area contributed by atoms with E-state index in [2.05, 4.69) is 6.58 Å². The van der Waals surface area contributed by atoms with Gasteiger partial charge in [0.15, 0.2) is 6.61 Å². The molecular formula is C16H21Cl2N4O5P. The summed E-state index contributed by atoms with van der Waals surface area (Å²) in [6, 6.07) is 5.75. The normalized spacial score (nSPS) is 14.1. The highest BCUT2D eigenvalue weighted by Crippen LogP contribution is 2.49. The number of hydrogen-bond acceptors (Lipinski definition) is 6. The molecule has 0 bridgehead atoms. The predicted octanol–water partition coefficient (Wildman–Crippen LogP) is 3.98. The number of nitrogens with two attached hydrogens (primary N) is 1. The van der Waals surface area contributed by atoms with Crippen LogP contribution in [0.15, 0.2) is 30.9 Å². The number of nitriles is 1. The van der Waals surface area contributed by atoms with Crippen molar-refractivity contribution in [1.29, 1.82) is 5.26 Å². The minimum Gasteiger partial charge on any atom is -0.479 e. The van der Waals surface area contributed by atoms with Crippen LogP contribution in [0.25, 0.3) is 0 Å². The molecule has 1 rings (SSSR count). The van der Waals surface area contributed by atoms with E-state index in [0.29, 0.717) is 0 Å². The molecule has 0 aliphatic rings. The van der Waals surface area contributed by atoms with Crippen molar-refractivity contribution in [3.63, 3.8) is 0 Å². The number of nitro benzene ring substituents is 1. The highest BCUT2D eigenvalue weighted by Gasteiger charge is 2.33.